The minimum absolute atomic E-state index is 0.464. The van der Waals surface area contributed by atoms with Crippen LogP contribution in [0.3, 0.4) is 0 Å². The van der Waals surface area contributed by atoms with Gasteiger partial charge in [0.25, 0.3) is 0 Å². The molecule has 0 unspecified atom stereocenters. The molecule has 0 aromatic carbocycles. The Balaban J connectivity index is 2.65. The number of rotatable bonds is 1. The molecule has 0 spiro atoms. The molecule has 0 aromatic rings. The zero-order valence-electron chi connectivity index (χ0n) is 5.72. The third-order valence-corrected chi connectivity index (χ3v) is 6.20. The zero-order chi connectivity index (χ0) is 7.61. The summed E-state index contributed by atoms with van der Waals surface area (Å²) in [5.74, 6) is 0. The normalized spacial score (nSPS) is 22.8. The van der Waals surface area contributed by atoms with Crippen molar-refractivity contribution in [2.45, 2.75) is 36.5 Å². The molecule has 60 valence electrons. The monoisotopic (exact) mass is 318 g/mol. The van der Waals surface area contributed by atoms with Gasteiger partial charge in [-0.05, 0) is 0 Å². The first-order valence-electron chi connectivity index (χ1n) is 3.50. The minimum atomic E-state index is -5.10. The van der Waals surface area contributed by atoms with Gasteiger partial charge in [-0.15, -0.1) is 0 Å². The second-order valence-electron chi connectivity index (χ2n) is 2.69. The van der Waals surface area contributed by atoms with Crippen LogP contribution in [-0.4, -0.2) is 0 Å². The molecule has 4 heteroatoms. The first-order chi connectivity index (χ1) is 4.61. The van der Waals surface area contributed by atoms with Crippen molar-refractivity contribution in [2.75, 3.05) is 0 Å². The Morgan fingerprint density at radius 1 is 0.900 bits per heavy atom. The Morgan fingerprint density at radius 3 is 1.70 bits per heavy atom. The molecule has 0 atom stereocenters. The van der Waals surface area contributed by atoms with Crippen LogP contribution >= 0.6 is 0 Å². The molecule has 0 radical (unpaired) electrons. The van der Waals surface area contributed by atoms with Gasteiger partial charge in [-0.3, -0.25) is 0 Å². The van der Waals surface area contributed by atoms with Crippen molar-refractivity contribution in [3.8, 4) is 0 Å². The predicted molar refractivity (Wildman–Crippen MR) is 28.9 cm³/mol. The van der Waals surface area contributed by atoms with Crippen LogP contribution in [0.4, 0.5) is 0 Å². The fourth-order valence-corrected chi connectivity index (χ4v) is 4.35. The van der Waals surface area contributed by atoms with Crippen molar-refractivity contribution in [1.29, 1.82) is 0 Å². The maximum absolute atomic E-state index is 10.5. The standard InChI is InChI=1S/C6H11.3O.Re/c1-2-4-6-5-3-1;;;;/h1H,2-6H2;;;;. The van der Waals surface area contributed by atoms with Crippen LogP contribution in [0.5, 0.6) is 0 Å². The van der Waals surface area contributed by atoms with Crippen molar-refractivity contribution >= 4 is 0 Å². The van der Waals surface area contributed by atoms with Crippen LogP contribution in [-0.2, 0) is 25.8 Å². The van der Waals surface area contributed by atoms with Gasteiger partial charge < -0.3 is 0 Å². The molecule has 10 heavy (non-hydrogen) atoms. The first-order valence-corrected chi connectivity index (χ1v) is 8.39. The van der Waals surface area contributed by atoms with E-state index in [1.54, 1.807) is 0 Å². The summed E-state index contributed by atoms with van der Waals surface area (Å²) in [6, 6.07) is 0. The molecule has 3 nitrogen and oxygen atoms in total. The molecule has 1 aliphatic carbocycles. The van der Waals surface area contributed by atoms with Crippen LogP contribution in [0.25, 0.3) is 0 Å². The van der Waals surface area contributed by atoms with Gasteiger partial charge in [0.15, 0.2) is 0 Å². The van der Waals surface area contributed by atoms with Gasteiger partial charge in [0.2, 0.25) is 0 Å². The van der Waals surface area contributed by atoms with E-state index >= 15 is 0 Å². The van der Waals surface area contributed by atoms with E-state index in [4.69, 9.17) is 0 Å². The van der Waals surface area contributed by atoms with Crippen LogP contribution in [0.1, 0.15) is 32.1 Å². The molecule has 0 aliphatic heterocycles. The molecule has 0 N–H and O–H groups in total. The summed E-state index contributed by atoms with van der Waals surface area (Å²) in [4.78, 5) is 0. The topological polar surface area (TPSA) is 51.2 Å². The van der Waals surface area contributed by atoms with E-state index in [0.717, 1.165) is 19.3 Å². The Kier molecular flexibility index (Phi) is 2.43. The van der Waals surface area contributed by atoms with Crippen LogP contribution in [0.15, 0.2) is 0 Å². The van der Waals surface area contributed by atoms with Crippen molar-refractivity contribution in [3.05, 3.63) is 0 Å². The summed E-state index contributed by atoms with van der Waals surface area (Å²) >= 11 is -5.10. The van der Waals surface area contributed by atoms with E-state index in [2.05, 4.69) is 0 Å². The van der Waals surface area contributed by atoms with Gasteiger partial charge in [0.1, 0.15) is 0 Å². The van der Waals surface area contributed by atoms with Crippen molar-refractivity contribution in [3.63, 3.8) is 0 Å². The van der Waals surface area contributed by atoms with Gasteiger partial charge in [0.05, 0.1) is 0 Å². The zero-order valence-corrected chi connectivity index (χ0v) is 8.43. The Labute approximate surface area is 62.7 Å². The summed E-state index contributed by atoms with van der Waals surface area (Å²) in [5, 5.41) is 0. The SMILES string of the molecule is [O]=[Re](=[O])(=[O])[CH]1CCCCC1. The summed E-state index contributed by atoms with van der Waals surface area (Å²) in [6.07, 6.45) is 4.20. The van der Waals surface area contributed by atoms with Gasteiger partial charge in [-0.2, -0.15) is 0 Å². The van der Waals surface area contributed by atoms with E-state index < -0.39 is 19.8 Å². The fraction of sp³-hybridized carbons (Fsp3) is 1.00. The van der Waals surface area contributed by atoms with E-state index in [1.807, 2.05) is 0 Å². The molecular formula is C6H11O3Re. The maximum atomic E-state index is 10.5. The third-order valence-electron chi connectivity index (χ3n) is 1.91. The Morgan fingerprint density at radius 2 is 1.40 bits per heavy atom. The second kappa shape index (κ2) is 2.98. The molecule has 0 amide bonds. The molecule has 0 heterocycles. The predicted octanol–water partition coefficient (Wildman–Crippen LogP) is 1.93. The number of hydrogen-bond donors (Lipinski definition) is 0. The molecular weight excluding hydrogens is 306 g/mol. The summed E-state index contributed by atoms with van der Waals surface area (Å²) in [6.45, 7) is 0. The summed E-state index contributed by atoms with van der Waals surface area (Å²) in [7, 11) is 0. The Hall–Kier alpha value is 0.0623. The molecule has 1 aliphatic rings. The second-order valence-corrected chi connectivity index (χ2v) is 8.19. The van der Waals surface area contributed by atoms with Crippen LogP contribution < -0.4 is 0 Å². The van der Waals surface area contributed by atoms with E-state index in [1.165, 1.54) is 0 Å². The van der Waals surface area contributed by atoms with Gasteiger partial charge >= 0.3 is 62.3 Å². The summed E-state index contributed by atoms with van der Waals surface area (Å²) in [5.41, 5.74) is 0. The molecule has 0 bridgehead atoms. The molecule has 1 fully saturated rings. The first kappa shape index (κ1) is 8.16. The summed E-state index contributed by atoms with van der Waals surface area (Å²) < 4.78 is 31.2. The van der Waals surface area contributed by atoms with Gasteiger partial charge in [0, 0.05) is 0 Å². The van der Waals surface area contributed by atoms with Crippen LogP contribution in [0.2, 0.25) is 4.39 Å². The molecule has 1 saturated carbocycles. The van der Waals surface area contributed by atoms with Crippen molar-refractivity contribution in [2.24, 2.45) is 0 Å². The third kappa shape index (κ3) is 2.03. The van der Waals surface area contributed by atoms with Crippen molar-refractivity contribution in [1.82, 2.24) is 0 Å². The molecule has 1 rings (SSSR count). The molecule has 0 aromatic heterocycles. The fourth-order valence-electron chi connectivity index (χ4n) is 1.32. The quantitative estimate of drug-likeness (QED) is 0.742. The van der Waals surface area contributed by atoms with Crippen LogP contribution in [0, 0.1) is 0 Å². The Bertz CT molecular complexity index is 225. The average Bonchev–Trinajstić information content (AvgIpc) is 1.88. The van der Waals surface area contributed by atoms with E-state index in [0.29, 0.717) is 12.8 Å². The number of hydrogen-bond acceptors (Lipinski definition) is 3. The average molecular weight is 317 g/mol. The van der Waals surface area contributed by atoms with E-state index in [-0.39, 0.29) is 0 Å². The molecule has 0 saturated heterocycles. The van der Waals surface area contributed by atoms with Crippen molar-refractivity contribution < 1.29 is 25.8 Å². The van der Waals surface area contributed by atoms with Gasteiger partial charge in [-0.25, -0.2) is 0 Å². The van der Waals surface area contributed by atoms with Gasteiger partial charge in [-0.1, -0.05) is 0 Å². The van der Waals surface area contributed by atoms with E-state index in [9.17, 15) is 10.4 Å².